The molecule has 1 aromatic heterocycles. The van der Waals surface area contributed by atoms with Gasteiger partial charge in [-0.3, -0.25) is 9.59 Å². The number of nitrogens with zero attached hydrogens (tertiary/aromatic N) is 1. The Hall–Kier alpha value is -3.90. The Morgan fingerprint density at radius 1 is 0.943 bits per heavy atom. The molecule has 3 rings (SSSR count). The van der Waals surface area contributed by atoms with Crippen molar-refractivity contribution >= 4 is 34.2 Å². The summed E-state index contributed by atoms with van der Waals surface area (Å²) >= 11 is 0. The van der Waals surface area contributed by atoms with Gasteiger partial charge in [0, 0.05) is 16.6 Å². The van der Waals surface area contributed by atoms with Crippen molar-refractivity contribution < 1.29 is 44.7 Å². The van der Waals surface area contributed by atoms with Crippen molar-refractivity contribution in [3.8, 4) is 0 Å². The smallest absolute Gasteiger partial charge is 0.451 e. The second-order valence-electron chi connectivity index (χ2n) is 7.37. The normalized spacial score (nSPS) is 13.1. The first kappa shape index (κ1) is 25.7. The fourth-order valence-corrected chi connectivity index (χ4v) is 2.99. The third kappa shape index (κ3) is 4.84. The van der Waals surface area contributed by atoms with Crippen LogP contribution in [-0.2, 0) is 4.79 Å². The zero-order chi connectivity index (χ0) is 26.2. The van der Waals surface area contributed by atoms with E-state index in [1.807, 2.05) is 0 Å². The number of hydrogen-bond acceptors (Lipinski definition) is 4. The first-order chi connectivity index (χ1) is 16.2. The summed E-state index contributed by atoms with van der Waals surface area (Å²) in [5.41, 5.74) is 3.01. The highest BCUT2D eigenvalue weighted by Crippen LogP contribution is 2.46. The SMILES string of the molecule is CC(=NNC(=O)c1oc2ccccc2c1C)c1cccc(NC(=O)C(F)(F)C(F)(F)C(F)(F)F)c1. The van der Waals surface area contributed by atoms with Crippen LogP contribution in [0.1, 0.15) is 28.6 Å². The number of furan rings is 1. The summed E-state index contributed by atoms with van der Waals surface area (Å²) in [6.07, 6.45) is -6.64. The molecule has 0 aliphatic rings. The standard InChI is InChI=1S/C22H16F7N3O3/c1-11-15-8-3-4-9-16(15)35-17(11)18(33)32-31-12(2)13-6-5-7-14(10-13)30-19(34)20(23,24)21(25,26)22(27,28)29/h3-10H,1-2H3,(H,30,34)(H,32,33). The van der Waals surface area contributed by atoms with Gasteiger partial charge in [0.2, 0.25) is 0 Å². The third-order valence-corrected chi connectivity index (χ3v) is 4.95. The number of carbonyl (C=O) groups excluding carboxylic acids is 2. The van der Waals surface area contributed by atoms with Crippen LogP contribution in [0.2, 0.25) is 0 Å². The van der Waals surface area contributed by atoms with Crippen LogP contribution in [0.3, 0.4) is 0 Å². The van der Waals surface area contributed by atoms with Crippen molar-refractivity contribution in [3.63, 3.8) is 0 Å². The molecule has 13 heteroatoms. The van der Waals surface area contributed by atoms with E-state index >= 15 is 0 Å². The molecule has 0 saturated heterocycles. The van der Waals surface area contributed by atoms with Crippen LogP contribution < -0.4 is 10.7 Å². The van der Waals surface area contributed by atoms with Crippen molar-refractivity contribution in [3.05, 3.63) is 65.4 Å². The molecule has 0 aliphatic heterocycles. The lowest BCUT2D eigenvalue weighted by atomic mass is 10.1. The van der Waals surface area contributed by atoms with Gasteiger partial charge in [-0.2, -0.15) is 35.8 Å². The lowest BCUT2D eigenvalue weighted by molar-refractivity contribution is -0.343. The van der Waals surface area contributed by atoms with E-state index in [4.69, 9.17) is 4.42 Å². The van der Waals surface area contributed by atoms with E-state index in [0.717, 1.165) is 17.5 Å². The first-order valence-electron chi connectivity index (χ1n) is 9.74. The van der Waals surface area contributed by atoms with Crippen molar-refractivity contribution in [2.45, 2.75) is 31.9 Å². The number of nitrogens with one attached hydrogen (secondary N) is 2. The molecule has 0 fully saturated rings. The topological polar surface area (TPSA) is 83.7 Å². The van der Waals surface area contributed by atoms with E-state index < -0.39 is 35.5 Å². The minimum Gasteiger partial charge on any atom is -0.451 e. The number of hydrazone groups is 1. The monoisotopic (exact) mass is 503 g/mol. The zero-order valence-electron chi connectivity index (χ0n) is 17.9. The molecule has 2 aromatic carbocycles. The number of hydrogen-bond donors (Lipinski definition) is 2. The second-order valence-corrected chi connectivity index (χ2v) is 7.37. The van der Waals surface area contributed by atoms with E-state index in [9.17, 15) is 40.3 Å². The highest BCUT2D eigenvalue weighted by Gasteiger charge is 2.76. The van der Waals surface area contributed by atoms with Gasteiger partial charge in [-0.1, -0.05) is 30.3 Å². The van der Waals surface area contributed by atoms with Crippen molar-refractivity contribution in [1.29, 1.82) is 0 Å². The number of benzene rings is 2. The average Bonchev–Trinajstić information content (AvgIpc) is 3.13. The quantitative estimate of drug-likeness (QED) is 0.259. The van der Waals surface area contributed by atoms with Crippen LogP contribution >= 0.6 is 0 Å². The molecule has 2 amide bonds. The molecule has 0 spiro atoms. The number of para-hydroxylation sites is 1. The Labute approximate surface area is 192 Å². The maximum absolute atomic E-state index is 13.6. The number of halogens is 7. The van der Waals surface area contributed by atoms with Gasteiger partial charge in [-0.05, 0) is 37.6 Å². The molecule has 35 heavy (non-hydrogen) atoms. The van der Waals surface area contributed by atoms with E-state index in [2.05, 4.69) is 10.5 Å². The Morgan fingerprint density at radius 3 is 2.23 bits per heavy atom. The minimum absolute atomic E-state index is 0.00316. The molecule has 0 bridgehead atoms. The Kier molecular flexibility index (Phi) is 6.64. The second kappa shape index (κ2) is 9.04. The molecule has 3 aromatic rings. The number of aryl methyl sites for hydroxylation is 1. The Balaban J connectivity index is 1.76. The van der Waals surface area contributed by atoms with Crippen molar-refractivity contribution in [2.24, 2.45) is 5.10 Å². The molecular formula is C22H16F7N3O3. The third-order valence-electron chi connectivity index (χ3n) is 4.95. The van der Waals surface area contributed by atoms with Crippen LogP contribution in [0.15, 0.2) is 58.0 Å². The highest BCUT2D eigenvalue weighted by molar-refractivity contribution is 6.03. The number of rotatable bonds is 6. The lowest BCUT2D eigenvalue weighted by Crippen LogP contribution is -2.57. The highest BCUT2D eigenvalue weighted by atomic mass is 19.4. The summed E-state index contributed by atoms with van der Waals surface area (Å²) in [5.74, 6) is -16.2. The summed E-state index contributed by atoms with van der Waals surface area (Å²) in [4.78, 5) is 24.0. The van der Waals surface area contributed by atoms with Crippen molar-refractivity contribution in [2.75, 3.05) is 5.32 Å². The van der Waals surface area contributed by atoms with E-state index in [0.29, 0.717) is 11.1 Å². The number of carbonyl (C=O) groups is 2. The van der Waals surface area contributed by atoms with Gasteiger partial charge in [0.15, 0.2) is 5.76 Å². The predicted molar refractivity (Wildman–Crippen MR) is 112 cm³/mol. The van der Waals surface area contributed by atoms with Gasteiger partial charge >= 0.3 is 29.8 Å². The maximum atomic E-state index is 13.6. The van der Waals surface area contributed by atoms with Crippen LogP contribution in [0.5, 0.6) is 0 Å². The number of alkyl halides is 7. The Bertz CT molecular complexity index is 1310. The largest absolute Gasteiger partial charge is 0.460 e. The van der Waals surface area contributed by atoms with E-state index in [1.54, 1.807) is 31.2 Å². The summed E-state index contributed by atoms with van der Waals surface area (Å²) < 4.78 is 95.6. The molecule has 0 atom stereocenters. The molecule has 0 unspecified atom stereocenters. The Morgan fingerprint density at radius 2 is 1.60 bits per heavy atom. The van der Waals surface area contributed by atoms with Crippen LogP contribution in [0.4, 0.5) is 36.4 Å². The van der Waals surface area contributed by atoms with Crippen LogP contribution in [-0.4, -0.2) is 35.5 Å². The molecule has 1 heterocycles. The molecule has 0 saturated carbocycles. The van der Waals surface area contributed by atoms with Crippen LogP contribution in [0, 0.1) is 6.92 Å². The van der Waals surface area contributed by atoms with Gasteiger partial charge in [-0.25, -0.2) is 5.43 Å². The number of fused-ring (bicyclic) bond motifs is 1. The molecule has 0 radical (unpaired) electrons. The summed E-state index contributed by atoms with van der Waals surface area (Å²) in [7, 11) is 0. The average molecular weight is 503 g/mol. The molecule has 186 valence electrons. The fourth-order valence-electron chi connectivity index (χ4n) is 2.99. The lowest BCUT2D eigenvalue weighted by Gasteiger charge is -2.27. The van der Waals surface area contributed by atoms with Gasteiger partial charge in [0.25, 0.3) is 0 Å². The number of anilines is 1. The number of amides is 2. The van der Waals surface area contributed by atoms with Crippen molar-refractivity contribution in [1.82, 2.24) is 5.43 Å². The van der Waals surface area contributed by atoms with E-state index in [1.165, 1.54) is 24.4 Å². The molecule has 2 N–H and O–H groups in total. The van der Waals surface area contributed by atoms with Gasteiger partial charge in [-0.15, -0.1) is 0 Å². The van der Waals surface area contributed by atoms with Gasteiger partial charge in [0.1, 0.15) is 5.58 Å². The van der Waals surface area contributed by atoms with Gasteiger partial charge in [0.05, 0.1) is 5.71 Å². The van der Waals surface area contributed by atoms with Gasteiger partial charge < -0.3 is 9.73 Å². The minimum atomic E-state index is -6.64. The molecule has 6 nitrogen and oxygen atoms in total. The predicted octanol–water partition coefficient (Wildman–Crippen LogP) is 5.67. The summed E-state index contributed by atoms with van der Waals surface area (Å²) in [5, 5.41) is 5.91. The molecule has 0 aliphatic carbocycles. The summed E-state index contributed by atoms with van der Waals surface area (Å²) in [6.45, 7) is 3.06. The zero-order valence-corrected chi connectivity index (χ0v) is 17.9. The van der Waals surface area contributed by atoms with E-state index in [-0.39, 0.29) is 17.0 Å². The molecular weight excluding hydrogens is 487 g/mol. The van der Waals surface area contributed by atoms with Crippen LogP contribution in [0.25, 0.3) is 11.0 Å². The maximum Gasteiger partial charge on any atom is 0.460 e. The fraction of sp³-hybridized carbons (Fsp3) is 0.227. The summed E-state index contributed by atoms with van der Waals surface area (Å²) in [6, 6.07) is 11.5. The first-order valence-corrected chi connectivity index (χ1v) is 9.74.